The molecule has 5 nitrogen and oxygen atoms in total. The van der Waals surface area contributed by atoms with E-state index in [1.165, 1.54) is 19.3 Å². The molecule has 2 aliphatic rings. The number of piperidine rings is 1. The van der Waals surface area contributed by atoms with Gasteiger partial charge in [0.25, 0.3) is 0 Å². The van der Waals surface area contributed by atoms with Gasteiger partial charge in [0.1, 0.15) is 0 Å². The number of amides is 1. The van der Waals surface area contributed by atoms with Gasteiger partial charge in [-0.25, -0.2) is 0 Å². The molecule has 1 aliphatic heterocycles. The summed E-state index contributed by atoms with van der Waals surface area (Å²) >= 11 is 0. The molecule has 0 aromatic rings. The Morgan fingerprint density at radius 3 is 2.35 bits per heavy atom. The highest BCUT2D eigenvalue weighted by molar-refractivity contribution is 5.91. The zero-order valence-corrected chi connectivity index (χ0v) is 12.7. The van der Waals surface area contributed by atoms with Crippen LogP contribution in [0.15, 0.2) is 0 Å². The lowest BCUT2D eigenvalue weighted by Crippen LogP contribution is -2.44. The lowest BCUT2D eigenvalue weighted by Gasteiger charge is -2.29. The molecule has 0 bridgehead atoms. The molecule has 0 aromatic heterocycles. The minimum absolute atomic E-state index is 0.0754. The van der Waals surface area contributed by atoms with Gasteiger partial charge in [-0.2, -0.15) is 0 Å². The Labute approximate surface area is 120 Å². The normalized spacial score (nSPS) is 30.6. The third-order valence-corrected chi connectivity index (χ3v) is 4.75. The van der Waals surface area contributed by atoms with Crippen LogP contribution in [0.5, 0.6) is 0 Å². The van der Waals surface area contributed by atoms with Crippen molar-refractivity contribution in [3.8, 4) is 0 Å². The molecule has 1 saturated heterocycles. The van der Waals surface area contributed by atoms with Gasteiger partial charge in [0.05, 0.1) is 11.8 Å². The van der Waals surface area contributed by atoms with Crippen LogP contribution in [-0.4, -0.2) is 47.6 Å². The van der Waals surface area contributed by atoms with Gasteiger partial charge in [0, 0.05) is 12.6 Å². The summed E-state index contributed by atoms with van der Waals surface area (Å²) in [6.07, 6.45) is 3.77. The van der Waals surface area contributed by atoms with E-state index >= 15 is 0 Å². The molecule has 1 heterocycles. The summed E-state index contributed by atoms with van der Waals surface area (Å²) in [4.78, 5) is 25.7. The topological polar surface area (TPSA) is 69.6 Å². The second-order valence-electron chi connectivity index (χ2n) is 6.89. The van der Waals surface area contributed by atoms with Crippen molar-refractivity contribution >= 4 is 11.9 Å². The number of likely N-dealkylation sites (tertiary alicyclic amines) is 1. The van der Waals surface area contributed by atoms with E-state index in [-0.39, 0.29) is 17.9 Å². The maximum absolute atomic E-state index is 12.2. The van der Waals surface area contributed by atoms with Crippen molar-refractivity contribution in [2.45, 2.75) is 46.1 Å². The lowest BCUT2D eigenvalue weighted by molar-refractivity contribution is -0.140. The first kappa shape index (κ1) is 15.3. The lowest BCUT2D eigenvalue weighted by atomic mass is 10.1. The number of carboxylic acid groups (broad SMARTS) is 1. The van der Waals surface area contributed by atoms with Crippen molar-refractivity contribution < 1.29 is 14.7 Å². The molecule has 2 fully saturated rings. The van der Waals surface area contributed by atoms with Crippen LogP contribution in [0.3, 0.4) is 0 Å². The third kappa shape index (κ3) is 3.14. The summed E-state index contributed by atoms with van der Waals surface area (Å²) in [7, 11) is 0. The van der Waals surface area contributed by atoms with Gasteiger partial charge in [0.15, 0.2) is 0 Å². The van der Waals surface area contributed by atoms with Crippen LogP contribution in [0.2, 0.25) is 0 Å². The molecule has 1 amide bonds. The summed E-state index contributed by atoms with van der Waals surface area (Å²) in [6.45, 7) is 8.77. The summed E-state index contributed by atoms with van der Waals surface area (Å²) < 4.78 is 0. The van der Waals surface area contributed by atoms with Crippen LogP contribution in [0, 0.1) is 17.3 Å². The minimum atomic E-state index is -0.862. The summed E-state index contributed by atoms with van der Waals surface area (Å²) in [5.74, 6) is -1.89. The van der Waals surface area contributed by atoms with Gasteiger partial charge >= 0.3 is 5.97 Å². The number of hydrogen-bond donors (Lipinski definition) is 2. The number of carbonyl (C=O) groups excluding carboxylic acids is 1. The van der Waals surface area contributed by atoms with Gasteiger partial charge in [-0.1, -0.05) is 20.3 Å². The largest absolute Gasteiger partial charge is 0.481 e. The van der Waals surface area contributed by atoms with Gasteiger partial charge in [0.2, 0.25) is 5.91 Å². The van der Waals surface area contributed by atoms with E-state index in [1.807, 2.05) is 20.8 Å². The molecule has 3 atom stereocenters. The molecule has 3 unspecified atom stereocenters. The van der Waals surface area contributed by atoms with Gasteiger partial charge in [-0.3, -0.25) is 9.59 Å². The highest BCUT2D eigenvalue weighted by Gasteiger charge is 2.65. The fourth-order valence-electron chi connectivity index (χ4n) is 3.50. The Morgan fingerprint density at radius 1 is 1.25 bits per heavy atom. The third-order valence-electron chi connectivity index (χ3n) is 4.75. The number of nitrogens with one attached hydrogen (secondary N) is 1. The van der Waals surface area contributed by atoms with Gasteiger partial charge in [-0.15, -0.1) is 0 Å². The molecule has 2 rings (SSSR count). The summed E-state index contributed by atoms with van der Waals surface area (Å²) in [5.41, 5.74) is -0.416. The standard InChI is InChI=1S/C15H26N2O3/c1-10(9-17-7-5-4-6-8-17)16-13(18)11-12(14(19)20)15(11,2)3/h10-12H,4-9H2,1-3H3,(H,16,18)(H,19,20). The van der Waals surface area contributed by atoms with E-state index in [9.17, 15) is 9.59 Å². The van der Waals surface area contributed by atoms with Crippen molar-refractivity contribution in [1.82, 2.24) is 10.2 Å². The average molecular weight is 282 g/mol. The number of carbonyl (C=O) groups is 2. The predicted octanol–water partition coefficient (Wildman–Crippen LogP) is 1.33. The second kappa shape index (κ2) is 5.72. The number of rotatable bonds is 5. The van der Waals surface area contributed by atoms with E-state index in [0.29, 0.717) is 0 Å². The Kier molecular flexibility index (Phi) is 4.37. The number of nitrogens with zero attached hydrogens (tertiary/aromatic N) is 1. The van der Waals surface area contributed by atoms with Crippen LogP contribution in [0.25, 0.3) is 0 Å². The van der Waals surface area contributed by atoms with E-state index < -0.39 is 17.3 Å². The monoisotopic (exact) mass is 282 g/mol. The zero-order chi connectivity index (χ0) is 14.9. The first-order valence-corrected chi connectivity index (χ1v) is 7.59. The van der Waals surface area contributed by atoms with Crippen molar-refractivity contribution in [3.63, 3.8) is 0 Å². The van der Waals surface area contributed by atoms with E-state index in [1.54, 1.807) is 0 Å². The van der Waals surface area contributed by atoms with Gasteiger partial charge in [-0.05, 0) is 38.3 Å². The molecule has 0 spiro atoms. The Hall–Kier alpha value is -1.10. The first-order valence-electron chi connectivity index (χ1n) is 7.59. The minimum Gasteiger partial charge on any atom is -0.481 e. The summed E-state index contributed by atoms with van der Waals surface area (Å²) in [5, 5.41) is 12.1. The SMILES string of the molecule is CC(CN1CCCCC1)NC(=O)C1C(C(=O)O)C1(C)C. The Balaban J connectivity index is 1.81. The Bertz CT molecular complexity index is 389. The van der Waals surface area contributed by atoms with E-state index in [4.69, 9.17) is 5.11 Å². The highest BCUT2D eigenvalue weighted by atomic mass is 16.4. The quantitative estimate of drug-likeness (QED) is 0.798. The molecule has 114 valence electrons. The first-order chi connectivity index (χ1) is 9.34. The number of aliphatic carboxylic acids is 1. The van der Waals surface area contributed by atoms with E-state index in [0.717, 1.165) is 19.6 Å². The molecule has 20 heavy (non-hydrogen) atoms. The number of carboxylic acids is 1. The predicted molar refractivity (Wildman–Crippen MR) is 76.3 cm³/mol. The van der Waals surface area contributed by atoms with Crippen molar-refractivity contribution in [2.24, 2.45) is 17.3 Å². The number of hydrogen-bond acceptors (Lipinski definition) is 3. The smallest absolute Gasteiger partial charge is 0.307 e. The van der Waals surface area contributed by atoms with Crippen molar-refractivity contribution in [2.75, 3.05) is 19.6 Å². The molecule has 0 radical (unpaired) electrons. The van der Waals surface area contributed by atoms with Crippen molar-refractivity contribution in [3.05, 3.63) is 0 Å². The molecule has 2 N–H and O–H groups in total. The van der Waals surface area contributed by atoms with Crippen LogP contribution in [0.1, 0.15) is 40.0 Å². The van der Waals surface area contributed by atoms with Gasteiger partial charge < -0.3 is 15.3 Å². The highest BCUT2D eigenvalue weighted by Crippen LogP contribution is 2.58. The molecule has 0 aromatic carbocycles. The maximum atomic E-state index is 12.2. The van der Waals surface area contributed by atoms with Crippen LogP contribution in [-0.2, 0) is 9.59 Å². The van der Waals surface area contributed by atoms with Crippen LogP contribution >= 0.6 is 0 Å². The van der Waals surface area contributed by atoms with Crippen molar-refractivity contribution in [1.29, 1.82) is 0 Å². The zero-order valence-electron chi connectivity index (χ0n) is 12.7. The molecular formula is C15H26N2O3. The molecule has 5 heteroatoms. The Morgan fingerprint density at radius 2 is 1.85 bits per heavy atom. The summed E-state index contributed by atoms with van der Waals surface area (Å²) in [6, 6.07) is 0.0754. The fourth-order valence-corrected chi connectivity index (χ4v) is 3.50. The molecule has 1 aliphatic carbocycles. The molecule has 1 saturated carbocycles. The second-order valence-corrected chi connectivity index (χ2v) is 6.89. The van der Waals surface area contributed by atoms with E-state index in [2.05, 4.69) is 10.2 Å². The maximum Gasteiger partial charge on any atom is 0.307 e. The van der Waals surface area contributed by atoms with Crippen LogP contribution in [0.4, 0.5) is 0 Å². The fraction of sp³-hybridized carbons (Fsp3) is 0.867. The van der Waals surface area contributed by atoms with Crippen LogP contribution < -0.4 is 5.32 Å². The molecular weight excluding hydrogens is 256 g/mol. The average Bonchev–Trinajstić information content (AvgIpc) is 2.93.